The lowest BCUT2D eigenvalue weighted by molar-refractivity contribution is -0.120. The number of ether oxygens (including phenoxy) is 1. The first-order valence-electron chi connectivity index (χ1n) is 5.18. The summed E-state index contributed by atoms with van der Waals surface area (Å²) in [6, 6.07) is 5.82. The smallest absolute Gasteiger partial charge is 0.264 e. The summed E-state index contributed by atoms with van der Waals surface area (Å²) >= 11 is 0. The molecule has 2 rings (SSSR count). The third-order valence-corrected chi connectivity index (χ3v) is 2.20. The van der Waals surface area contributed by atoms with Crippen molar-refractivity contribution < 1.29 is 9.53 Å². The van der Waals surface area contributed by atoms with Crippen molar-refractivity contribution in [3.63, 3.8) is 0 Å². The van der Waals surface area contributed by atoms with Gasteiger partial charge in [-0.05, 0) is 24.6 Å². The fourth-order valence-electron chi connectivity index (χ4n) is 1.38. The van der Waals surface area contributed by atoms with Crippen LogP contribution in [0.15, 0.2) is 18.2 Å². The normalized spacial score (nSPS) is 13.6. The number of benzene rings is 1. The van der Waals surface area contributed by atoms with Crippen LogP contribution in [0, 0.1) is 6.92 Å². The molecule has 3 nitrogen and oxygen atoms in total. The largest absolute Gasteiger partial charge is 0.482 e. The molecule has 1 amide bonds. The molecule has 0 unspecified atom stereocenters. The zero-order valence-electron chi connectivity index (χ0n) is 9.70. The lowest BCUT2D eigenvalue weighted by Crippen LogP contribution is -2.35. The highest BCUT2D eigenvalue weighted by atomic mass is 16.5. The van der Waals surface area contributed by atoms with Crippen molar-refractivity contribution in [2.45, 2.75) is 20.8 Å². The Hall–Kier alpha value is -1.51. The zero-order chi connectivity index (χ0) is 11.4. The van der Waals surface area contributed by atoms with Crippen LogP contribution in [0.2, 0.25) is 0 Å². The molecular formula is C12H17NO2. The number of hydrogen-bond acceptors (Lipinski definition) is 2. The standard InChI is InChI=1S/C10H11NO2.C2H6/c1-7-3-4-8-9(5-7)13-6-10(12)11(8)2;1-2/h3-5H,6H2,1-2H3;1-2H3. The van der Waals surface area contributed by atoms with Crippen LogP contribution in [0.5, 0.6) is 5.75 Å². The highest BCUT2D eigenvalue weighted by Crippen LogP contribution is 2.31. The fraction of sp³-hybridized carbons (Fsp3) is 0.417. The molecule has 0 N–H and O–H groups in total. The number of amides is 1. The first kappa shape index (κ1) is 11.6. The lowest BCUT2D eigenvalue weighted by Gasteiger charge is -2.25. The van der Waals surface area contributed by atoms with Crippen molar-refractivity contribution in [2.24, 2.45) is 0 Å². The average Bonchev–Trinajstić information content (AvgIpc) is 2.26. The molecule has 15 heavy (non-hydrogen) atoms. The summed E-state index contributed by atoms with van der Waals surface area (Å²) in [7, 11) is 1.76. The van der Waals surface area contributed by atoms with Gasteiger partial charge >= 0.3 is 0 Å². The topological polar surface area (TPSA) is 29.5 Å². The van der Waals surface area contributed by atoms with Gasteiger partial charge in [0.15, 0.2) is 6.61 Å². The van der Waals surface area contributed by atoms with Crippen LogP contribution in [-0.4, -0.2) is 19.6 Å². The third-order valence-electron chi connectivity index (χ3n) is 2.20. The highest BCUT2D eigenvalue weighted by molar-refractivity contribution is 5.97. The Bertz CT molecular complexity index is 361. The van der Waals surface area contributed by atoms with Gasteiger partial charge in [0.2, 0.25) is 0 Å². The van der Waals surface area contributed by atoms with Crippen LogP contribution in [-0.2, 0) is 4.79 Å². The molecule has 3 heteroatoms. The second-order valence-corrected chi connectivity index (χ2v) is 3.21. The van der Waals surface area contributed by atoms with Gasteiger partial charge in [-0.3, -0.25) is 4.79 Å². The van der Waals surface area contributed by atoms with E-state index in [-0.39, 0.29) is 12.5 Å². The maximum atomic E-state index is 11.2. The first-order valence-corrected chi connectivity index (χ1v) is 5.18. The fourth-order valence-corrected chi connectivity index (χ4v) is 1.38. The number of anilines is 1. The first-order chi connectivity index (χ1) is 7.18. The molecule has 82 valence electrons. The van der Waals surface area contributed by atoms with Gasteiger partial charge in [-0.1, -0.05) is 19.9 Å². The minimum atomic E-state index is -0.00338. The molecule has 1 heterocycles. The molecule has 0 aliphatic carbocycles. The van der Waals surface area contributed by atoms with E-state index in [0.717, 1.165) is 17.0 Å². The van der Waals surface area contributed by atoms with Crippen LogP contribution in [0.25, 0.3) is 0 Å². The Labute approximate surface area is 90.7 Å². The summed E-state index contributed by atoms with van der Waals surface area (Å²) in [5, 5.41) is 0. The molecular weight excluding hydrogens is 190 g/mol. The predicted molar refractivity (Wildman–Crippen MR) is 61.4 cm³/mol. The Morgan fingerprint density at radius 1 is 1.33 bits per heavy atom. The number of nitrogens with zero attached hydrogens (tertiary/aromatic N) is 1. The molecule has 0 aromatic heterocycles. The van der Waals surface area contributed by atoms with Crippen LogP contribution in [0.3, 0.4) is 0 Å². The van der Waals surface area contributed by atoms with Gasteiger partial charge in [-0.15, -0.1) is 0 Å². The number of fused-ring (bicyclic) bond motifs is 1. The Morgan fingerprint density at radius 3 is 2.67 bits per heavy atom. The Balaban J connectivity index is 0.000000531. The summed E-state index contributed by atoms with van der Waals surface area (Å²) in [6.07, 6.45) is 0. The summed E-state index contributed by atoms with van der Waals surface area (Å²) in [5.74, 6) is 0.790. The van der Waals surface area contributed by atoms with Gasteiger partial charge in [0, 0.05) is 7.05 Å². The van der Waals surface area contributed by atoms with Crippen LogP contribution in [0.4, 0.5) is 5.69 Å². The van der Waals surface area contributed by atoms with Gasteiger partial charge in [-0.2, -0.15) is 0 Å². The minimum Gasteiger partial charge on any atom is -0.482 e. The second kappa shape index (κ2) is 4.82. The molecule has 0 fully saturated rings. The van der Waals surface area contributed by atoms with Gasteiger partial charge < -0.3 is 9.64 Å². The number of aryl methyl sites for hydroxylation is 1. The van der Waals surface area contributed by atoms with Crippen molar-refractivity contribution in [3.8, 4) is 5.75 Å². The maximum absolute atomic E-state index is 11.2. The van der Waals surface area contributed by atoms with Gasteiger partial charge in [-0.25, -0.2) is 0 Å². The Kier molecular flexibility index (Phi) is 3.72. The minimum absolute atomic E-state index is 0.00338. The van der Waals surface area contributed by atoms with Crippen LogP contribution < -0.4 is 9.64 Å². The van der Waals surface area contributed by atoms with E-state index in [9.17, 15) is 4.79 Å². The molecule has 1 aromatic carbocycles. The molecule has 0 radical (unpaired) electrons. The van der Waals surface area contributed by atoms with E-state index in [1.807, 2.05) is 39.0 Å². The number of rotatable bonds is 0. The predicted octanol–water partition coefficient (Wildman–Crippen LogP) is 2.38. The van der Waals surface area contributed by atoms with Crippen molar-refractivity contribution in [3.05, 3.63) is 23.8 Å². The molecule has 0 saturated carbocycles. The average molecular weight is 207 g/mol. The highest BCUT2D eigenvalue weighted by Gasteiger charge is 2.21. The van der Waals surface area contributed by atoms with Gasteiger partial charge in [0.05, 0.1) is 5.69 Å². The van der Waals surface area contributed by atoms with Gasteiger partial charge in [0.1, 0.15) is 5.75 Å². The van der Waals surface area contributed by atoms with Crippen molar-refractivity contribution >= 4 is 11.6 Å². The molecule has 0 bridgehead atoms. The molecule has 1 aliphatic rings. The van der Waals surface area contributed by atoms with E-state index in [2.05, 4.69) is 0 Å². The van der Waals surface area contributed by atoms with E-state index in [4.69, 9.17) is 4.74 Å². The van der Waals surface area contributed by atoms with E-state index in [1.165, 1.54) is 0 Å². The maximum Gasteiger partial charge on any atom is 0.264 e. The summed E-state index contributed by atoms with van der Waals surface area (Å²) in [5.41, 5.74) is 1.99. The SMILES string of the molecule is CC.Cc1ccc2c(c1)OCC(=O)N2C. The van der Waals surface area contributed by atoms with E-state index < -0.39 is 0 Å². The monoisotopic (exact) mass is 207 g/mol. The third kappa shape index (κ3) is 2.29. The van der Waals surface area contributed by atoms with Crippen molar-refractivity contribution in [2.75, 3.05) is 18.6 Å². The quantitative estimate of drug-likeness (QED) is 0.653. The molecule has 0 atom stereocenters. The van der Waals surface area contributed by atoms with Gasteiger partial charge in [0.25, 0.3) is 5.91 Å². The number of likely N-dealkylation sites (N-methyl/N-ethyl adjacent to an activating group) is 1. The second-order valence-electron chi connectivity index (χ2n) is 3.21. The summed E-state index contributed by atoms with van der Waals surface area (Å²) < 4.78 is 5.30. The van der Waals surface area contributed by atoms with E-state index in [0.29, 0.717) is 0 Å². The summed E-state index contributed by atoms with van der Waals surface area (Å²) in [4.78, 5) is 12.9. The number of hydrogen-bond donors (Lipinski definition) is 0. The number of carbonyl (C=O) groups is 1. The lowest BCUT2D eigenvalue weighted by atomic mass is 10.2. The summed E-state index contributed by atoms with van der Waals surface area (Å²) in [6.45, 7) is 6.15. The van der Waals surface area contributed by atoms with Crippen LogP contribution >= 0.6 is 0 Å². The van der Waals surface area contributed by atoms with E-state index >= 15 is 0 Å². The molecule has 0 saturated heterocycles. The molecule has 1 aromatic rings. The number of carbonyl (C=O) groups excluding carboxylic acids is 1. The molecule has 1 aliphatic heterocycles. The Morgan fingerprint density at radius 2 is 2.00 bits per heavy atom. The zero-order valence-corrected chi connectivity index (χ0v) is 9.70. The molecule has 0 spiro atoms. The van der Waals surface area contributed by atoms with Crippen molar-refractivity contribution in [1.29, 1.82) is 0 Å². The van der Waals surface area contributed by atoms with Crippen molar-refractivity contribution in [1.82, 2.24) is 0 Å². The van der Waals surface area contributed by atoms with E-state index in [1.54, 1.807) is 11.9 Å². The van der Waals surface area contributed by atoms with Crippen LogP contribution in [0.1, 0.15) is 19.4 Å².